The summed E-state index contributed by atoms with van der Waals surface area (Å²) < 4.78 is 26.9. The maximum absolute atomic E-state index is 12.9. The maximum atomic E-state index is 12.9. The van der Waals surface area contributed by atoms with Crippen LogP contribution < -0.4 is 41.9 Å². The molecule has 0 unspecified atom stereocenters. The molecule has 5 aliphatic carbocycles. The molecule has 0 aromatic heterocycles. The van der Waals surface area contributed by atoms with Crippen LogP contribution in [0.3, 0.4) is 0 Å². The van der Waals surface area contributed by atoms with Crippen molar-refractivity contribution in [1.29, 1.82) is 0 Å². The zero-order chi connectivity index (χ0) is 53.8. The predicted molar refractivity (Wildman–Crippen MR) is 297 cm³/mol. The molecular formula is C64H84N4O8. The summed E-state index contributed by atoms with van der Waals surface area (Å²) >= 11 is 0. The summed E-state index contributed by atoms with van der Waals surface area (Å²) in [4.78, 5) is 51.5. The van der Waals surface area contributed by atoms with Crippen LogP contribution in [0.1, 0.15) is 223 Å². The summed E-state index contributed by atoms with van der Waals surface area (Å²) in [6.07, 6.45) is 23.0. The van der Waals surface area contributed by atoms with E-state index < -0.39 is 23.6 Å². The van der Waals surface area contributed by atoms with Gasteiger partial charge in [-0.15, -0.1) is 0 Å². The minimum Gasteiger partial charge on any atom is -0.483 e. The van der Waals surface area contributed by atoms with Crippen molar-refractivity contribution < 1.29 is 38.1 Å². The van der Waals surface area contributed by atoms with E-state index in [0.29, 0.717) is 48.7 Å². The van der Waals surface area contributed by atoms with Crippen molar-refractivity contribution in [2.45, 2.75) is 203 Å². The van der Waals surface area contributed by atoms with Crippen molar-refractivity contribution >= 4 is 23.6 Å². The van der Waals surface area contributed by atoms with Gasteiger partial charge in [0.15, 0.2) is 26.4 Å². The molecule has 0 saturated heterocycles. The van der Waals surface area contributed by atoms with E-state index in [9.17, 15) is 19.2 Å². The smallest absolute Gasteiger partial charge is 0.255 e. The van der Waals surface area contributed by atoms with Gasteiger partial charge in [0.2, 0.25) is 0 Å². The first kappa shape index (κ1) is 54.7. The van der Waals surface area contributed by atoms with Crippen molar-refractivity contribution in [3.05, 3.63) is 115 Å². The van der Waals surface area contributed by atoms with Crippen LogP contribution >= 0.6 is 0 Å². The van der Waals surface area contributed by atoms with Gasteiger partial charge in [-0.2, -0.15) is 0 Å². The van der Waals surface area contributed by atoms with Crippen LogP contribution in [-0.2, 0) is 66.5 Å². The van der Waals surface area contributed by atoms with Crippen LogP contribution in [0, 0.1) is 0 Å². The van der Waals surface area contributed by atoms with E-state index in [1.54, 1.807) is 0 Å². The minimum absolute atomic E-state index is 0.150. The Balaban J connectivity index is 1.41. The molecule has 4 aromatic rings. The fourth-order valence-electron chi connectivity index (χ4n) is 14.1. The zero-order valence-corrected chi connectivity index (χ0v) is 46.0. The van der Waals surface area contributed by atoms with Crippen molar-refractivity contribution in [3.63, 3.8) is 0 Å². The fourth-order valence-corrected chi connectivity index (χ4v) is 14.1. The summed E-state index contributed by atoms with van der Waals surface area (Å²) in [6, 6.07) is 18.2. The largest absolute Gasteiger partial charge is 0.483 e. The number of ether oxygens (including phenoxy) is 4. The molecule has 8 bridgehead atoms. The molecule has 0 spiro atoms. The lowest BCUT2D eigenvalue weighted by atomic mass is 9.68. The molecule has 4 aromatic carbocycles. The van der Waals surface area contributed by atoms with Crippen molar-refractivity contribution in [2.75, 3.05) is 26.4 Å². The van der Waals surface area contributed by atoms with Crippen LogP contribution in [0.15, 0.2) is 48.5 Å². The van der Waals surface area contributed by atoms with E-state index in [-0.39, 0.29) is 48.1 Å². The van der Waals surface area contributed by atoms with Crippen LogP contribution in [-0.4, -0.2) is 50.1 Å². The third-order valence-corrected chi connectivity index (χ3v) is 18.5. The van der Waals surface area contributed by atoms with E-state index in [4.69, 9.17) is 41.9 Å². The van der Waals surface area contributed by atoms with Gasteiger partial charge in [-0.3, -0.25) is 19.2 Å². The number of nitrogens with two attached hydrogens (primary N) is 4. The Bertz CT molecular complexity index is 2350. The molecular weight excluding hydrogens is 953 g/mol. The second-order valence-electron chi connectivity index (χ2n) is 24.7. The van der Waals surface area contributed by atoms with E-state index >= 15 is 0 Å². The Hall–Kier alpha value is -6.04. The topological polar surface area (TPSA) is 209 Å². The average molecular weight is 1040 g/mol. The molecule has 4 amide bonds. The molecule has 0 aliphatic heterocycles. The van der Waals surface area contributed by atoms with Gasteiger partial charge in [-0.1, -0.05) is 153 Å². The van der Waals surface area contributed by atoms with Crippen LogP contribution in [0.2, 0.25) is 0 Å². The van der Waals surface area contributed by atoms with Crippen LogP contribution in [0.4, 0.5) is 0 Å². The first-order valence-electron chi connectivity index (χ1n) is 28.6. The molecule has 0 heterocycles. The quantitative estimate of drug-likeness (QED) is 0.0745. The standard InChI is InChI=1S/C64H84N4O8/c1-61(17-9-5-10-18-61)49-29-41-25-43-31-50(62(2)19-11-6-12-20-62)33-45(58(43)74-38-54(66)70)27-47-35-52(64(4)23-15-8-16-24-64)36-48(60(47)76-40-56(68)72)28-46-34-51(63(3)21-13-7-14-22-63)32-44(59(46)75-39-55(67)71)26-42(30-49)57(41)73-37-53(65)69/h29-36H,5-28,37-40H2,1-4H3,(H2,65,69)(H2,66,70)(H2,67,71)(H2,68,72). The van der Waals surface area contributed by atoms with Gasteiger partial charge in [-0.25, -0.2) is 0 Å². The first-order valence-corrected chi connectivity index (χ1v) is 28.6. The van der Waals surface area contributed by atoms with Crippen molar-refractivity contribution in [3.8, 4) is 23.0 Å². The van der Waals surface area contributed by atoms with Gasteiger partial charge in [-0.05, 0) is 140 Å². The molecule has 5 aliphatic rings. The second-order valence-corrected chi connectivity index (χ2v) is 24.7. The molecule has 408 valence electrons. The SMILES string of the molecule is CC1(c2cc3c(OCC(N)=O)c(c2)Cc2cc(C4(C)CCCCC4)cc(c2OCC(N)=O)Cc2cc(C4(C)CCCCC4)cc(c2OCC(N)=O)Cc2cc(C4(C)CCCCC4)cc(c2OCC(N)=O)C3)CCCCC1. The highest BCUT2D eigenvalue weighted by Gasteiger charge is 2.37. The average Bonchev–Trinajstić information content (AvgIpc) is 3.37. The number of fused-ring (bicyclic) bond motifs is 8. The summed E-state index contributed by atoms with van der Waals surface area (Å²) in [6.45, 7) is 8.10. The minimum atomic E-state index is -0.598. The fraction of sp³-hybridized carbons (Fsp3) is 0.562. The summed E-state index contributed by atoms with van der Waals surface area (Å²) in [5.41, 5.74) is 34.8. The highest BCUT2D eigenvalue weighted by molar-refractivity contribution is 5.77. The molecule has 12 heteroatoms. The van der Waals surface area contributed by atoms with Crippen molar-refractivity contribution in [1.82, 2.24) is 0 Å². The summed E-state index contributed by atoms with van der Waals surface area (Å²) in [5, 5.41) is 0. The van der Waals surface area contributed by atoms with E-state index in [2.05, 4.69) is 76.2 Å². The Kier molecular flexibility index (Phi) is 16.5. The van der Waals surface area contributed by atoms with Gasteiger partial charge in [0.05, 0.1) is 0 Å². The Morgan fingerprint density at radius 1 is 0.316 bits per heavy atom. The number of primary amides is 4. The summed E-state index contributed by atoms with van der Waals surface area (Å²) in [5.74, 6) is -0.169. The number of carbonyl (C=O) groups excluding carboxylic acids is 4. The molecule has 4 saturated carbocycles. The Labute approximate surface area is 451 Å². The van der Waals surface area contributed by atoms with Gasteiger partial charge in [0.25, 0.3) is 23.6 Å². The number of rotatable bonds is 16. The maximum Gasteiger partial charge on any atom is 0.255 e. The number of carbonyl (C=O) groups is 4. The third-order valence-electron chi connectivity index (χ3n) is 18.5. The van der Waals surface area contributed by atoms with Gasteiger partial charge < -0.3 is 41.9 Å². The Morgan fingerprint density at radius 2 is 0.474 bits per heavy atom. The molecule has 0 atom stereocenters. The molecule has 12 nitrogen and oxygen atoms in total. The molecule has 76 heavy (non-hydrogen) atoms. The predicted octanol–water partition coefficient (Wildman–Crippen LogP) is 10.7. The first-order chi connectivity index (χ1) is 36.3. The Morgan fingerprint density at radius 3 is 0.618 bits per heavy atom. The highest BCUT2D eigenvalue weighted by atomic mass is 16.5. The molecule has 9 rings (SSSR count). The van der Waals surface area contributed by atoms with E-state index in [0.717, 1.165) is 147 Å². The lowest BCUT2D eigenvalue weighted by molar-refractivity contribution is -0.120. The molecule has 4 fully saturated rings. The third kappa shape index (κ3) is 12.2. The highest BCUT2D eigenvalue weighted by Crippen LogP contribution is 2.50. The van der Waals surface area contributed by atoms with E-state index in [1.807, 2.05) is 0 Å². The number of hydrogen-bond donors (Lipinski definition) is 4. The normalized spacial score (nSPS) is 19.6. The van der Waals surface area contributed by atoms with Gasteiger partial charge in [0, 0.05) is 25.7 Å². The molecule has 0 radical (unpaired) electrons. The molecule has 8 N–H and O–H groups in total. The van der Waals surface area contributed by atoms with Gasteiger partial charge in [0.1, 0.15) is 23.0 Å². The van der Waals surface area contributed by atoms with Gasteiger partial charge >= 0.3 is 0 Å². The number of benzene rings is 4. The zero-order valence-electron chi connectivity index (χ0n) is 46.0. The second kappa shape index (κ2) is 22.9. The van der Waals surface area contributed by atoms with Crippen molar-refractivity contribution in [2.24, 2.45) is 22.9 Å². The number of amides is 4. The monoisotopic (exact) mass is 1040 g/mol. The van der Waals surface area contributed by atoms with Crippen LogP contribution in [0.25, 0.3) is 0 Å². The summed E-state index contributed by atoms with van der Waals surface area (Å²) in [7, 11) is 0. The van der Waals surface area contributed by atoms with Crippen LogP contribution in [0.5, 0.6) is 23.0 Å². The lowest BCUT2D eigenvalue weighted by Crippen LogP contribution is -2.27. The number of hydrogen-bond acceptors (Lipinski definition) is 8. The van der Waals surface area contributed by atoms with E-state index in [1.165, 1.54) is 47.9 Å². The lowest BCUT2D eigenvalue weighted by Gasteiger charge is -2.37.